The summed E-state index contributed by atoms with van der Waals surface area (Å²) in [7, 11) is 0. The molecule has 0 aliphatic heterocycles. The van der Waals surface area contributed by atoms with E-state index in [0.717, 1.165) is 22.3 Å². The molecule has 0 saturated heterocycles. The summed E-state index contributed by atoms with van der Waals surface area (Å²) >= 11 is 0. The molecule has 3 rings (SSSR count). The Morgan fingerprint density at radius 1 is 0.947 bits per heavy atom. The van der Waals surface area contributed by atoms with Gasteiger partial charge in [0.05, 0.1) is 11.0 Å². The van der Waals surface area contributed by atoms with Crippen molar-refractivity contribution in [3.8, 4) is 5.75 Å². The number of para-hydroxylation sites is 1. The molecule has 94 valence electrons. The van der Waals surface area contributed by atoms with Crippen LogP contribution >= 0.6 is 0 Å². The summed E-state index contributed by atoms with van der Waals surface area (Å²) in [6.45, 7) is 0.568. The summed E-state index contributed by atoms with van der Waals surface area (Å²) in [5.74, 6) is 0.301. The molecule has 3 aromatic rings. The van der Waals surface area contributed by atoms with E-state index >= 15 is 0 Å². The molecule has 2 aromatic carbocycles. The minimum atomic E-state index is 0.301. The van der Waals surface area contributed by atoms with Crippen molar-refractivity contribution in [3.63, 3.8) is 0 Å². The molecule has 0 amide bonds. The largest absolute Gasteiger partial charge is 0.508 e. The highest BCUT2D eigenvalue weighted by atomic mass is 16.3. The van der Waals surface area contributed by atoms with Crippen LogP contribution in [-0.2, 0) is 6.54 Å². The van der Waals surface area contributed by atoms with E-state index in [1.54, 1.807) is 18.5 Å². The second kappa shape index (κ2) is 4.94. The van der Waals surface area contributed by atoms with Crippen LogP contribution in [0, 0.1) is 0 Å². The van der Waals surface area contributed by atoms with Gasteiger partial charge in [-0.15, -0.1) is 0 Å². The van der Waals surface area contributed by atoms with Crippen molar-refractivity contribution in [1.29, 1.82) is 0 Å². The molecule has 0 spiro atoms. The smallest absolute Gasteiger partial charge is 0.120 e. The molecular weight excluding hydrogens is 238 g/mol. The fourth-order valence-electron chi connectivity index (χ4n) is 1.93. The number of aromatic nitrogens is 2. The van der Waals surface area contributed by atoms with Gasteiger partial charge in [0, 0.05) is 30.2 Å². The lowest BCUT2D eigenvalue weighted by atomic mass is 10.2. The van der Waals surface area contributed by atoms with Crippen LogP contribution in [0.15, 0.2) is 54.9 Å². The zero-order chi connectivity index (χ0) is 13.1. The fourth-order valence-corrected chi connectivity index (χ4v) is 1.93. The topological polar surface area (TPSA) is 58.0 Å². The second-order valence-electron chi connectivity index (χ2n) is 4.24. The van der Waals surface area contributed by atoms with Crippen molar-refractivity contribution in [2.75, 3.05) is 5.32 Å². The molecule has 1 heterocycles. The van der Waals surface area contributed by atoms with Gasteiger partial charge in [-0.1, -0.05) is 18.2 Å². The molecule has 0 fully saturated rings. The van der Waals surface area contributed by atoms with Gasteiger partial charge < -0.3 is 10.4 Å². The number of phenolic OH excluding ortho intramolecular Hbond substituents is 1. The molecule has 4 nitrogen and oxygen atoms in total. The molecule has 19 heavy (non-hydrogen) atoms. The van der Waals surface area contributed by atoms with E-state index in [-0.39, 0.29) is 0 Å². The molecule has 4 heteroatoms. The fraction of sp³-hybridized carbons (Fsp3) is 0.0667. The van der Waals surface area contributed by atoms with E-state index in [0.29, 0.717) is 12.3 Å². The highest BCUT2D eigenvalue weighted by Crippen LogP contribution is 2.19. The van der Waals surface area contributed by atoms with Crippen LogP contribution < -0.4 is 5.32 Å². The predicted molar refractivity (Wildman–Crippen MR) is 75.0 cm³/mol. The summed E-state index contributed by atoms with van der Waals surface area (Å²) in [5, 5.41) is 13.0. The Morgan fingerprint density at radius 3 is 2.58 bits per heavy atom. The minimum Gasteiger partial charge on any atom is -0.508 e. The maximum absolute atomic E-state index is 9.70. The number of fused-ring (bicyclic) bond motifs is 1. The first-order valence-corrected chi connectivity index (χ1v) is 6.04. The third-order valence-electron chi connectivity index (χ3n) is 2.94. The first kappa shape index (κ1) is 11.5. The van der Waals surface area contributed by atoms with E-state index < -0.39 is 0 Å². The van der Waals surface area contributed by atoms with Crippen LogP contribution in [0.3, 0.4) is 0 Å². The number of rotatable bonds is 3. The molecule has 0 aliphatic rings. The molecule has 0 atom stereocenters. The highest BCUT2D eigenvalue weighted by Gasteiger charge is 2.01. The summed E-state index contributed by atoms with van der Waals surface area (Å²) in [5.41, 5.74) is 3.54. The normalized spacial score (nSPS) is 10.5. The summed E-state index contributed by atoms with van der Waals surface area (Å²) in [4.78, 5) is 8.49. The molecule has 1 aromatic heterocycles. The van der Waals surface area contributed by atoms with Gasteiger partial charge in [-0.05, 0) is 24.3 Å². The van der Waals surface area contributed by atoms with E-state index in [1.807, 2.05) is 36.4 Å². The third kappa shape index (κ3) is 2.47. The van der Waals surface area contributed by atoms with E-state index in [2.05, 4.69) is 15.3 Å². The molecule has 0 radical (unpaired) electrons. The van der Waals surface area contributed by atoms with Gasteiger partial charge in [-0.3, -0.25) is 9.97 Å². The van der Waals surface area contributed by atoms with Crippen LogP contribution in [0.2, 0.25) is 0 Å². The Kier molecular flexibility index (Phi) is 2.98. The van der Waals surface area contributed by atoms with Crippen molar-refractivity contribution < 1.29 is 5.11 Å². The van der Waals surface area contributed by atoms with Crippen LogP contribution in [0.5, 0.6) is 5.75 Å². The van der Waals surface area contributed by atoms with Gasteiger partial charge in [0.15, 0.2) is 0 Å². The first-order chi connectivity index (χ1) is 9.33. The SMILES string of the molecule is Oc1ccccc1CNc1ccc2nccnc2c1. The monoisotopic (exact) mass is 251 g/mol. The Balaban J connectivity index is 1.80. The maximum Gasteiger partial charge on any atom is 0.120 e. The van der Waals surface area contributed by atoms with Gasteiger partial charge >= 0.3 is 0 Å². The maximum atomic E-state index is 9.70. The molecule has 0 saturated carbocycles. The summed E-state index contributed by atoms with van der Waals surface area (Å²) in [6.07, 6.45) is 3.35. The molecule has 0 aliphatic carbocycles. The van der Waals surface area contributed by atoms with E-state index in [9.17, 15) is 5.11 Å². The number of hydrogen-bond acceptors (Lipinski definition) is 4. The van der Waals surface area contributed by atoms with Gasteiger partial charge in [0.2, 0.25) is 0 Å². The van der Waals surface area contributed by atoms with Gasteiger partial charge in [0.1, 0.15) is 5.75 Å². The minimum absolute atomic E-state index is 0.301. The third-order valence-corrected chi connectivity index (χ3v) is 2.94. The molecule has 2 N–H and O–H groups in total. The van der Waals surface area contributed by atoms with Crippen LogP contribution in [0.1, 0.15) is 5.56 Å². The number of phenols is 1. The van der Waals surface area contributed by atoms with E-state index in [4.69, 9.17) is 0 Å². The van der Waals surface area contributed by atoms with Crippen molar-refractivity contribution in [2.24, 2.45) is 0 Å². The van der Waals surface area contributed by atoms with Gasteiger partial charge in [0.25, 0.3) is 0 Å². The molecule has 0 bridgehead atoms. The zero-order valence-corrected chi connectivity index (χ0v) is 10.2. The van der Waals surface area contributed by atoms with E-state index in [1.165, 1.54) is 0 Å². The van der Waals surface area contributed by atoms with Crippen LogP contribution in [-0.4, -0.2) is 15.1 Å². The quantitative estimate of drug-likeness (QED) is 0.751. The molecular formula is C15H13N3O. The Labute approximate surface area is 110 Å². The number of hydrogen-bond donors (Lipinski definition) is 2. The van der Waals surface area contributed by atoms with Crippen molar-refractivity contribution in [2.45, 2.75) is 6.54 Å². The lowest BCUT2D eigenvalue weighted by molar-refractivity contribution is 0.469. The van der Waals surface area contributed by atoms with Crippen molar-refractivity contribution in [1.82, 2.24) is 9.97 Å². The number of anilines is 1. The average molecular weight is 251 g/mol. The number of nitrogens with zero attached hydrogens (tertiary/aromatic N) is 2. The molecule has 0 unspecified atom stereocenters. The average Bonchev–Trinajstić information content (AvgIpc) is 2.46. The first-order valence-electron chi connectivity index (χ1n) is 6.04. The summed E-state index contributed by atoms with van der Waals surface area (Å²) in [6, 6.07) is 13.1. The zero-order valence-electron chi connectivity index (χ0n) is 10.2. The number of benzene rings is 2. The van der Waals surface area contributed by atoms with Crippen LogP contribution in [0.25, 0.3) is 11.0 Å². The second-order valence-corrected chi connectivity index (χ2v) is 4.24. The number of nitrogens with one attached hydrogen (secondary N) is 1. The summed E-state index contributed by atoms with van der Waals surface area (Å²) < 4.78 is 0. The van der Waals surface area contributed by atoms with Crippen molar-refractivity contribution >= 4 is 16.7 Å². The Hall–Kier alpha value is -2.62. The highest BCUT2D eigenvalue weighted by molar-refractivity contribution is 5.78. The lowest BCUT2D eigenvalue weighted by Gasteiger charge is -2.08. The standard InChI is InChI=1S/C15H13N3O/c19-15-4-2-1-3-11(15)10-18-12-5-6-13-14(9-12)17-8-7-16-13/h1-9,18-19H,10H2. The lowest BCUT2D eigenvalue weighted by Crippen LogP contribution is -1.99. The van der Waals surface area contributed by atoms with Crippen molar-refractivity contribution in [3.05, 3.63) is 60.4 Å². The van der Waals surface area contributed by atoms with Gasteiger partial charge in [-0.2, -0.15) is 0 Å². The predicted octanol–water partition coefficient (Wildman–Crippen LogP) is 2.95. The Bertz CT molecular complexity index is 712. The Morgan fingerprint density at radius 2 is 1.74 bits per heavy atom. The van der Waals surface area contributed by atoms with Crippen LogP contribution in [0.4, 0.5) is 5.69 Å². The van der Waals surface area contributed by atoms with Gasteiger partial charge in [-0.25, -0.2) is 0 Å². The number of aromatic hydroxyl groups is 1.